The van der Waals surface area contributed by atoms with Crippen molar-refractivity contribution in [2.45, 2.75) is 6.04 Å². The first-order valence-electron chi connectivity index (χ1n) is 5.68. The fraction of sp³-hybridized carbons (Fsp3) is 0.143. The Morgan fingerprint density at radius 1 is 1.25 bits per heavy atom. The van der Waals surface area contributed by atoms with E-state index in [1.165, 1.54) is 25.3 Å². The van der Waals surface area contributed by atoms with E-state index in [9.17, 15) is 8.78 Å². The van der Waals surface area contributed by atoms with Gasteiger partial charge in [-0.25, -0.2) is 8.78 Å². The summed E-state index contributed by atoms with van der Waals surface area (Å²) < 4.78 is 33.0. The molecule has 2 N–H and O–H groups in total. The SMILES string of the molecule is COc1ccc(C(N)c2ccc(Br)c(Cl)c2F)cc1F. The second-order valence-electron chi connectivity index (χ2n) is 4.14. The molecule has 1 atom stereocenters. The summed E-state index contributed by atoms with van der Waals surface area (Å²) in [6, 6.07) is 6.54. The van der Waals surface area contributed by atoms with Gasteiger partial charge in [0.25, 0.3) is 0 Å². The van der Waals surface area contributed by atoms with E-state index in [0.29, 0.717) is 10.0 Å². The summed E-state index contributed by atoms with van der Waals surface area (Å²) in [5.41, 5.74) is 6.60. The lowest BCUT2D eigenvalue weighted by Gasteiger charge is -2.15. The molecule has 0 amide bonds. The molecule has 2 nitrogen and oxygen atoms in total. The van der Waals surface area contributed by atoms with Crippen LogP contribution in [0.4, 0.5) is 8.78 Å². The Labute approximate surface area is 128 Å². The average molecular weight is 363 g/mol. The maximum atomic E-state index is 14.1. The zero-order valence-electron chi connectivity index (χ0n) is 10.5. The predicted octanol–water partition coefficient (Wildman–Crippen LogP) is 4.44. The monoisotopic (exact) mass is 361 g/mol. The van der Waals surface area contributed by atoms with Gasteiger partial charge in [0.2, 0.25) is 0 Å². The Kier molecular flexibility index (Phi) is 4.62. The minimum absolute atomic E-state index is 0.0491. The van der Waals surface area contributed by atoms with Gasteiger partial charge in [0.05, 0.1) is 18.2 Å². The largest absolute Gasteiger partial charge is 0.494 e. The topological polar surface area (TPSA) is 35.2 Å². The number of ether oxygens (including phenoxy) is 1. The molecule has 0 aromatic heterocycles. The smallest absolute Gasteiger partial charge is 0.165 e. The minimum atomic E-state index is -0.819. The number of benzene rings is 2. The van der Waals surface area contributed by atoms with E-state index in [4.69, 9.17) is 22.1 Å². The van der Waals surface area contributed by atoms with E-state index in [1.54, 1.807) is 12.1 Å². The molecule has 0 saturated carbocycles. The molecule has 1 unspecified atom stereocenters. The van der Waals surface area contributed by atoms with Crippen molar-refractivity contribution in [3.05, 3.63) is 62.6 Å². The van der Waals surface area contributed by atoms with E-state index in [0.717, 1.165) is 0 Å². The molecule has 0 spiro atoms. The summed E-state index contributed by atoms with van der Waals surface area (Å²) in [5, 5.41) is -0.0491. The molecule has 0 aliphatic rings. The van der Waals surface area contributed by atoms with Crippen LogP contribution in [0, 0.1) is 11.6 Å². The Morgan fingerprint density at radius 2 is 1.95 bits per heavy atom. The summed E-state index contributed by atoms with van der Waals surface area (Å²) in [6.45, 7) is 0. The molecule has 0 fully saturated rings. The number of halogens is 4. The van der Waals surface area contributed by atoms with E-state index >= 15 is 0 Å². The van der Waals surface area contributed by atoms with Gasteiger partial charge in [0, 0.05) is 10.0 Å². The standard InChI is InChI=1S/C14H11BrClF2NO/c1-20-11-5-2-7(6-10(11)17)14(19)8-3-4-9(15)12(16)13(8)18/h2-6,14H,19H2,1H3. The number of methoxy groups -OCH3 is 1. The first kappa shape index (κ1) is 15.2. The molecule has 0 saturated heterocycles. The highest BCUT2D eigenvalue weighted by atomic mass is 79.9. The Bertz CT molecular complexity index is 651. The van der Waals surface area contributed by atoms with Crippen molar-refractivity contribution in [1.82, 2.24) is 0 Å². The fourth-order valence-electron chi connectivity index (χ4n) is 1.84. The van der Waals surface area contributed by atoms with Crippen molar-refractivity contribution in [2.75, 3.05) is 7.11 Å². The van der Waals surface area contributed by atoms with Crippen LogP contribution in [0.15, 0.2) is 34.8 Å². The van der Waals surface area contributed by atoms with Crippen molar-refractivity contribution in [1.29, 1.82) is 0 Å². The van der Waals surface area contributed by atoms with Crippen molar-refractivity contribution >= 4 is 27.5 Å². The fourth-order valence-corrected chi connectivity index (χ4v) is 2.31. The third-order valence-corrected chi connectivity index (χ3v) is 4.19. The van der Waals surface area contributed by atoms with Gasteiger partial charge < -0.3 is 10.5 Å². The van der Waals surface area contributed by atoms with Gasteiger partial charge in [-0.05, 0) is 39.7 Å². The molecule has 2 rings (SSSR count). The van der Waals surface area contributed by atoms with Crippen molar-refractivity contribution in [3.8, 4) is 5.75 Å². The number of rotatable bonds is 3. The third-order valence-electron chi connectivity index (χ3n) is 2.94. The maximum absolute atomic E-state index is 14.1. The lowest BCUT2D eigenvalue weighted by atomic mass is 9.99. The molecular weight excluding hydrogens is 352 g/mol. The molecule has 6 heteroatoms. The van der Waals surface area contributed by atoms with Crippen LogP contribution in [0.1, 0.15) is 17.2 Å². The van der Waals surface area contributed by atoms with Gasteiger partial charge >= 0.3 is 0 Å². The predicted molar refractivity (Wildman–Crippen MR) is 78.1 cm³/mol. The highest BCUT2D eigenvalue weighted by Gasteiger charge is 2.18. The van der Waals surface area contributed by atoms with E-state index in [-0.39, 0.29) is 16.3 Å². The second kappa shape index (κ2) is 6.08. The van der Waals surface area contributed by atoms with Crippen LogP contribution < -0.4 is 10.5 Å². The van der Waals surface area contributed by atoms with Crippen molar-refractivity contribution < 1.29 is 13.5 Å². The highest BCUT2D eigenvalue weighted by molar-refractivity contribution is 9.10. The Balaban J connectivity index is 2.44. The first-order chi connectivity index (χ1) is 9.45. The van der Waals surface area contributed by atoms with Crippen LogP contribution >= 0.6 is 27.5 Å². The second-order valence-corrected chi connectivity index (χ2v) is 5.37. The Hall–Kier alpha value is -1.17. The molecule has 106 valence electrons. The van der Waals surface area contributed by atoms with Gasteiger partial charge in [0.15, 0.2) is 11.6 Å². The summed E-state index contributed by atoms with van der Waals surface area (Å²) in [5.74, 6) is -1.07. The molecule has 20 heavy (non-hydrogen) atoms. The summed E-state index contributed by atoms with van der Waals surface area (Å²) >= 11 is 8.95. The molecule has 0 aliphatic heterocycles. The van der Waals surface area contributed by atoms with Gasteiger partial charge in [-0.1, -0.05) is 23.7 Å². The number of hydrogen-bond acceptors (Lipinski definition) is 2. The van der Waals surface area contributed by atoms with Gasteiger partial charge in [-0.3, -0.25) is 0 Å². The molecule has 0 aliphatic carbocycles. The number of hydrogen-bond donors (Lipinski definition) is 1. The van der Waals surface area contributed by atoms with Crippen molar-refractivity contribution in [3.63, 3.8) is 0 Å². The van der Waals surface area contributed by atoms with E-state index < -0.39 is 17.7 Å². The lowest BCUT2D eigenvalue weighted by Crippen LogP contribution is -2.14. The summed E-state index contributed by atoms with van der Waals surface area (Å²) in [4.78, 5) is 0. The van der Waals surface area contributed by atoms with Crippen LogP contribution in [-0.4, -0.2) is 7.11 Å². The molecular formula is C14H11BrClF2NO. The van der Waals surface area contributed by atoms with Crippen molar-refractivity contribution in [2.24, 2.45) is 5.73 Å². The quantitative estimate of drug-likeness (QED) is 0.820. The lowest BCUT2D eigenvalue weighted by molar-refractivity contribution is 0.386. The van der Waals surface area contributed by atoms with Gasteiger partial charge in [0.1, 0.15) is 5.82 Å². The zero-order chi connectivity index (χ0) is 14.9. The molecule has 2 aromatic rings. The van der Waals surface area contributed by atoms with Gasteiger partial charge in [-0.15, -0.1) is 0 Å². The summed E-state index contributed by atoms with van der Waals surface area (Å²) in [7, 11) is 1.37. The van der Waals surface area contributed by atoms with Crippen LogP contribution in [0.2, 0.25) is 5.02 Å². The van der Waals surface area contributed by atoms with Crippen LogP contribution in [0.5, 0.6) is 5.75 Å². The van der Waals surface area contributed by atoms with Crippen LogP contribution in [0.3, 0.4) is 0 Å². The number of nitrogens with two attached hydrogens (primary N) is 1. The van der Waals surface area contributed by atoms with Gasteiger partial charge in [-0.2, -0.15) is 0 Å². The van der Waals surface area contributed by atoms with Crippen LogP contribution in [0.25, 0.3) is 0 Å². The molecule has 0 heterocycles. The average Bonchev–Trinajstić information content (AvgIpc) is 2.44. The maximum Gasteiger partial charge on any atom is 0.165 e. The highest BCUT2D eigenvalue weighted by Crippen LogP contribution is 2.32. The molecule has 2 aromatic carbocycles. The normalized spacial score (nSPS) is 12.3. The summed E-state index contributed by atoms with van der Waals surface area (Å²) in [6.07, 6.45) is 0. The molecule has 0 bridgehead atoms. The van der Waals surface area contributed by atoms with Crippen LogP contribution in [-0.2, 0) is 0 Å². The first-order valence-corrected chi connectivity index (χ1v) is 6.85. The minimum Gasteiger partial charge on any atom is -0.494 e. The third kappa shape index (κ3) is 2.80. The Morgan fingerprint density at radius 3 is 2.55 bits per heavy atom. The zero-order valence-corrected chi connectivity index (χ0v) is 12.8. The van der Waals surface area contributed by atoms with E-state index in [1.807, 2.05) is 0 Å². The van der Waals surface area contributed by atoms with E-state index in [2.05, 4.69) is 15.9 Å². The molecule has 0 radical (unpaired) electrons.